The van der Waals surface area contributed by atoms with Crippen LogP contribution in [0.25, 0.3) is 0 Å². The zero-order valence-electron chi connectivity index (χ0n) is 28.4. The Morgan fingerprint density at radius 1 is 0.688 bits per heavy atom. The highest BCUT2D eigenvalue weighted by Gasteiger charge is 2.42. The molecule has 2 saturated carbocycles. The van der Waals surface area contributed by atoms with Gasteiger partial charge in [0.1, 0.15) is 24.9 Å². The molecule has 4 amide bonds. The Hall–Kier alpha value is -2.72. The predicted molar refractivity (Wildman–Crippen MR) is 173 cm³/mol. The number of amides is 4. The Morgan fingerprint density at radius 3 is 1.56 bits per heavy atom. The summed E-state index contributed by atoms with van der Waals surface area (Å²) in [6, 6.07) is 0. The topological polar surface area (TPSA) is 190 Å². The molecular weight excluding hydrogens is 624 g/mol. The summed E-state index contributed by atoms with van der Waals surface area (Å²) in [7, 11) is 1.45. The molecule has 0 radical (unpaired) electrons. The number of carbonyl (C=O) groups is 4. The third kappa shape index (κ3) is 9.09. The summed E-state index contributed by atoms with van der Waals surface area (Å²) in [5, 5.41) is 11.1. The second-order valence-corrected chi connectivity index (χ2v) is 14.1. The van der Waals surface area contributed by atoms with Gasteiger partial charge in [0.05, 0.1) is 0 Å². The summed E-state index contributed by atoms with van der Waals surface area (Å²) < 4.78 is 22.4. The average molecular weight is 681 g/mol. The van der Waals surface area contributed by atoms with Crippen LogP contribution in [0.1, 0.15) is 57.8 Å². The maximum Gasteiger partial charge on any atom is 0.410 e. The first-order chi connectivity index (χ1) is 23.2. The third-order valence-corrected chi connectivity index (χ3v) is 11.2. The van der Waals surface area contributed by atoms with Gasteiger partial charge in [-0.15, -0.1) is 0 Å². The zero-order chi connectivity index (χ0) is 34.2. The standard InChI is InChI=1S/C33H56N6O9/c1-45-28-18-26(48-33(44)39-16-12-37(13-17-39)31(42)25-8-4-23(20-35)5-9-25)29(40)27(47-28)21-46-32(43)38-14-10-36(11-15-38)30(41)24-6-2-22(19-34)3-7-24/h22-29,40H,2-21,34-35H2,1H3/t22?,23?,24?,25?,26-,27-,28+,29+/m1/s1. The molecule has 0 bridgehead atoms. The zero-order valence-corrected chi connectivity index (χ0v) is 28.4. The number of carbonyl (C=O) groups excluding carboxylic acids is 4. The second kappa shape index (κ2) is 17.3. The molecule has 15 nitrogen and oxygen atoms in total. The van der Waals surface area contributed by atoms with Crippen LogP contribution in [0.4, 0.5) is 9.59 Å². The molecule has 0 unspecified atom stereocenters. The van der Waals surface area contributed by atoms with Crippen LogP contribution in [0.2, 0.25) is 0 Å². The third-order valence-electron chi connectivity index (χ3n) is 11.2. The second-order valence-electron chi connectivity index (χ2n) is 14.1. The predicted octanol–water partition coefficient (Wildman–Crippen LogP) is 0.569. The van der Waals surface area contributed by atoms with Gasteiger partial charge in [-0.3, -0.25) is 9.59 Å². The smallest absolute Gasteiger partial charge is 0.410 e. The fourth-order valence-electron chi connectivity index (χ4n) is 7.78. The number of nitrogens with two attached hydrogens (primary N) is 2. The van der Waals surface area contributed by atoms with Crippen LogP contribution in [-0.2, 0) is 28.5 Å². The van der Waals surface area contributed by atoms with Gasteiger partial charge in [0, 0.05) is 77.7 Å². The van der Waals surface area contributed by atoms with E-state index in [9.17, 15) is 24.3 Å². The van der Waals surface area contributed by atoms with E-state index < -0.39 is 36.8 Å². The SMILES string of the molecule is CO[C@@H]1C[C@@H](OC(=O)N2CCN(C(=O)C3CCC(CN)CC3)CC2)[C@H](O)[C@@H](COC(=O)N2CCN(C(=O)C3CCC(CN)CC3)CC2)O1. The first-order valence-corrected chi connectivity index (χ1v) is 17.9. The van der Waals surface area contributed by atoms with Crippen molar-refractivity contribution >= 4 is 24.0 Å². The van der Waals surface area contributed by atoms with Crippen LogP contribution in [0.15, 0.2) is 0 Å². The highest BCUT2D eigenvalue weighted by Crippen LogP contribution is 2.31. The Morgan fingerprint density at radius 2 is 1.12 bits per heavy atom. The lowest BCUT2D eigenvalue weighted by Crippen LogP contribution is -2.56. The van der Waals surface area contributed by atoms with Gasteiger partial charge < -0.3 is 55.1 Å². The van der Waals surface area contributed by atoms with Gasteiger partial charge in [-0.25, -0.2) is 9.59 Å². The van der Waals surface area contributed by atoms with E-state index in [0.717, 1.165) is 51.4 Å². The minimum Gasteiger partial charge on any atom is -0.447 e. The summed E-state index contributed by atoms with van der Waals surface area (Å²) in [6.07, 6.45) is 2.40. The number of hydrogen-bond acceptors (Lipinski definition) is 11. The minimum absolute atomic E-state index is 0.0196. The highest BCUT2D eigenvalue weighted by atomic mass is 16.7. The van der Waals surface area contributed by atoms with Crippen molar-refractivity contribution in [2.75, 3.05) is 79.2 Å². The number of piperazine rings is 2. The molecule has 4 atom stereocenters. The molecule has 48 heavy (non-hydrogen) atoms. The fraction of sp³-hybridized carbons (Fsp3) is 0.879. The Bertz CT molecular complexity index is 1080. The van der Waals surface area contributed by atoms with E-state index >= 15 is 0 Å². The number of rotatable bonds is 8. The molecule has 5 N–H and O–H groups in total. The molecule has 2 aliphatic carbocycles. The van der Waals surface area contributed by atoms with Crippen LogP contribution >= 0.6 is 0 Å². The first kappa shape index (κ1) is 36.6. The lowest BCUT2D eigenvalue weighted by atomic mass is 9.81. The fourth-order valence-corrected chi connectivity index (χ4v) is 7.78. The maximum atomic E-state index is 13.1. The molecule has 5 rings (SSSR count). The summed E-state index contributed by atoms with van der Waals surface area (Å²) in [4.78, 5) is 58.9. The van der Waals surface area contributed by atoms with Crippen LogP contribution in [-0.4, -0.2) is 152 Å². The van der Waals surface area contributed by atoms with E-state index in [-0.39, 0.29) is 36.7 Å². The van der Waals surface area contributed by atoms with Crippen molar-refractivity contribution < 1.29 is 43.2 Å². The van der Waals surface area contributed by atoms with E-state index in [1.807, 2.05) is 9.80 Å². The molecule has 5 fully saturated rings. The Labute approximate surface area is 283 Å². The molecule has 0 aromatic rings. The molecule has 3 aliphatic heterocycles. The van der Waals surface area contributed by atoms with Crippen molar-refractivity contribution in [3.63, 3.8) is 0 Å². The normalized spacial score (nSPS) is 33.2. The summed E-state index contributed by atoms with van der Waals surface area (Å²) in [6.45, 7) is 4.20. The van der Waals surface area contributed by atoms with Gasteiger partial charge in [0.15, 0.2) is 6.29 Å². The van der Waals surface area contributed by atoms with E-state index in [0.29, 0.717) is 77.3 Å². The number of hydrogen-bond donors (Lipinski definition) is 3. The highest BCUT2D eigenvalue weighted by molar-refractivity contribution is 5.80. The van der Waals surface area contributed by atoms with Crippen LogP contribution in [0.3, 0.4) is 0 Å². The first-order valence-electron chi connectivity index (χ1n) is 17.9. The number of nitrogens with zero attached hydrogens (tertiary/aromatic N) is 4. The molecule has 0 aromatic heterocycles. The summed E-state index contributed by atoms with van der Waals surface area (Å²) in [5.41, 5.74) is 11.6. The average Bonchev–Trinajstić information content (AvgIpc) is 3.14. The van der Waals surface area contributed by atoms with Crippen molar-refractivity contribution in [2.24, 2.45) is 35.1 Å². The molecular formula is C33H56N6O9. The van der Waals surface area contributed by atoms with Crippen molar-refractivity contribution in [1.82, 2.24) is 19.6 Å². The summed E-state index contributed by atoms with van der Waals surface area (Å²) in [5.74, 6) is 1.35. The molecule has 3 heterocycles. The molecule has 0 aromatic carbocycles. The maximum absolute atomic E-state index is 13.1. The minimum atomic E-state index is -1.25. The largest absolute Gasteiger partial charge is 0.447 e. The van der Waals surface area contributed by atoms with E-state index in [2.05, 4.69) is 0 Å². The molecule has 0 spiro atoms. The van der Waals surface area contributed by atoms with E-state index in [1.54, 1.807) is 9.80 Å². The molecule has 3 saturated heterocycles. The van der Waals surface area contributed by atoms with Crippen molar-refractivity contribution in [3.05, 3.63) is 0 Å². The van der Waals surface area contributed by atoms with Gasteiger partial charge in [0.25, 0.3) is 0 Å². The van der Waals surface area contributed by atoms with Crippen molar-refractivity contribution in [2.45, 2.75) is 82.4 Å². The lowest BCUT2D eigenvalue weighted by Gasteiger charge is -2.40. The van der Waals surface area contributed by atoms with Gasteiger partial charge in [-0.2, -0.15) is 0 Å². The Balaban J connectivity index is 1.03. The van der Waals surface area contributed by atoms with Crippen molar-refractivity contribution in [1.29, 1.82) is 0 Å². The van der Waals surface area contributed by atoms with Gasteiger partial charge in [-0.05, 0) is 76.3 Å². The van der Waals surface area contributed by atoms with Crippen molar-refractivity contribution in [3.8, 4) is 0 Å². The number of methoxy groups -OCH3 is 1. The number of aliphatic hydroxyl groups excluding tert-OH is 1. The quantitative estimate of drug-likeness (QED) is 0.325. The summed E-state index contributed by atoms with van der Waals surface area (Å²) >= 11 is 0. The van der Waals surface area contributed by atoms with Crippen LogP contribution in [0.5, 0.6) is 0 Å². The molecule has 272 valence electrons. The molecule has 5 aliphatic rings. The monoisotopic (exact) mass is 680 g/mol. The number of ether oxygens (including phenoxy) is 4. The van der Waals surface area contributed by atoms with E-state index in [1.165, 1.54) is 7.11 Å². The van der Waals surface area contributed by atoms with Gasteiger partial charge in [-0.1, -0.05) is 0 Å². The van der Waals surface area contributed by atoms with E-state index in [4.69, 9.17) is 30.4 Å². The number of aliphatic hydroxyl groups is 1. The Kier molecular flexibility index (Phi) is 13.2. The lowest BCUT2D eigenvalue weighted by molar-refractivity contribution is -0.249. The molecule has 15 heteroatoms. The van der Waals surface area contributed by atoms with Gasteiger partial charge >= 0.3 is 12.2 Å². The van der Waals surface area contributed by atoms with Gasteiger partial charge in [0.2, 0.25) is 11.8 Å². The van der Waals surface area contributed by atoms with Crippen LogP contribution in [0, 0.1) is 23.7 Å². The van der Waals surface area contributed by atoms with Crippen LogP contribution < -0.4 is 11.5 Å².